The van der Waals surface area contributed by atoms with Crippen molar-refractivity contribution in [1.29, 1.82) is 0 Å². The predicted octanol–water partition coefficient (Wildman–Crippen LogP) is 2.29. The van der Waals surface area contributed by atoms with Gasteiger partial charge in [-0.25, -0.2) is 0 Å². The van der Waals surface area contributed by atoms with E-state index in [9.17, 15) is 0 Å². The molecule has 0 bridgehead atoms. The normalized spacial score (nSPS) is 16.3. The van der Waals surface area contributed by atoms with E-state index in [4.69, 9.17) is 5.73 Å². The average Bonchev–Trinajstić information content (AvgIpc) is 3.07. The molecule has 94 valence electrons. The van der Waals surface area contributed by atoms with E-state index in [2.05, 4.69) is 20.7 Å². The molecule has 3 N–H and O–H groups in total. The number of nitrogens with zero attached hydrogens (tertiary/aromatic N) is 3. The van der Waals surface area contributed by atoms with E-state index in [0.29, 0.717) is 17.3 Å². The zero-order valence-electron chi connectivity index (χ0n) is 9.95. The molecule has 0 aliphatic carbocycles. The lowest BCUT2D eigenvalue weighted by molar-refractivity contribution is 1.26. The zero-order chi connectivity index (χ0) is 13.1. The molecular formula is C13H11N5S. The van der Waals surface area contributed by atoms with E-state index in [0.717, 1.165) is 11.3 Å². The minimum absolute atomic E-state index is 0.324. The molecule has 0 unspecified atom stereocenters. The molecule has 1 aromatic carbocycles. The lowest BCUT2D eigenvalue weighted by atomic mass is 10.1. The van der Waals surface area contributed by atoms with Gasteiger partial charge in [-0.2, -0.15) is 16.4 Å². The SMILES string of the molecule is NC1=NN=C(c2ccsc2)/C1=N\Nc1ccccc1. The van der Waals surface area contributed by atoms with Crippen LogP contribution in [-0.2, 0) is 0 Å². The fourth-order valence-corrected chi connectivity index (χ4v) is 2.30. The molecule has 2 heterocycles. The van der Waals surface area contributed by atoms with Gasteiger partial charge in [0, 0.05) is 10.9 Å². The molecule has 19 heavy (non-hydrogen) atoms. The van der Waals surface area contributed by atoms with E-state index >= 15 is 0 Å². The quantitative estimate of drug-likeness (QED) is 0.839. The molecular weight excluding hydrogens is 258 g/mol. The first-order valence-electron chi connectivity index (χ1n) is 5.68. The molecule has 5 nitrogen and oxygen atoms in total. The van der Waals surface area contributed by atoms with Crippen molar-refractivity contribution in [3.05, 3.63) is 52.7 Å². The van der Waals surface area contributed by atoms with Gasteiger partial charge in [0.15, 0.2) is 11.5 Å². The third-order valence-corrected chi connectivity index (χ3v) is 3.27. The van der Waals surface area contributed by atoms with Crippen LogP contribution in [0.15, 0.2) is 62.5 Å². The first kappa shape index (κ1) is 11.6. The summed E-state index contributed by atoms with van der Waals surface area (Å²) in [5, 5.41) is 16.2. The number of thiophene rings is 1. The largest absolute Gasteiger partial charge is 0.380 e. The van der Waals surface area contributed by atoms with Crippen LogP contribution >= 0.6 is 11.3 Å². The maximum Gasteiger partial charge on any atom is 0.176 e. The highest BCUT2D eigenvalue weighted by Gasteiger charge is 2.21. The second-order valence-electron chi connectivity index (χ2n) is 3.88. The number of benzene rings is 1. The van der Waals surface area contributed by atoms with E-state index in [1.807, 2.05) is 47.2 Å². The molecule has 0 spiro atoms. The van der Waals surface area contributed by atoms with Crippen LogP contribution in [0.25, 0.3) is 0 Å². The fraction of sp³-hybridized carbons (Fsp3) is 0. The zero-order valence-corrected chi connectivity index (χ0v) is 10.8. The highest BCUT2D eigenvalue weighted by atomic mass is 32.1. The summed E-state index contributed by atoms with van der Waals surface area (Å²) >= 11 is 1.60. The molecule has 0 fully saturated rings. The van der Waals surface area contributed by atoms with Gasteiger partial charge in [0.2, 0.25) is 0 Å². The number of nitrogens with two attached hydrogens (primary N) is 1. The van der Waals surface area contributed by atoms with Crippen molar-refractivity contribution in [1.82, 2.24) is 0 Å². The van der Waals surface area contributed by atoms with Crippen LogP contribution in [0.2, 0.25) is 0 Å². The first-order chi connectivity index (χ1) is 9.34. The maximum absolute atomic E-state index is 5.81. The van der Waals surface area contributed by atoms with Crippen molar-refractivity contribution in [2.24, 2.45) is 21.0 Å². The van der Waals surface area contributed by atoms with Crippen LogP contribution in [0.3, 0.4) is 0 Å². The fourth-order valence-electron chi connectivity index (χ4n) is 1.66. The Labute approximate surface area is 114 Å². The van der Waals surface area contributed by atoms with E-state index < -0.39 is 0 Å². The highest BCUT2D eigenvalue weighted by molar-refractivity contribution is 7.08. The van der Waals surface area contributed by atoms with Crippen molar-refractivity contribution in [3.8, 4) is 0 Å². The Morgan fingerprint density at radius 2 is 1.95 bits per heavy atom. The van der Waals surface area contributed by atoms with Gasteiger partial charge in [-0.15, -0.1) is 10.2 Å². The smallest absolute Gasteiger partial charge is 0.176 e. The predicted molar refractivity (Wildman–Crippen MR) is 80.0 cm³/mol. The molecule has 2 aromatic rings. The van der Waals surface area contributed by atoms with Crippen LogP contribution < -0.4 is 11.2 Å². The minimum atomic E-state index is 0.324. The Morgan fingerprint density at radius 3 is 2.68 bits per heavy atom. The van der Waals surface area contributed by atoms with E-state index in [1.165, 1.54) is 0 Å². The number of nitrogens with one attached hydrogen (secondary N) is 1. The van der Waals surface area contributed by atoms with Gasteiger partial charge in [-0.05, 0) is 23.6 Å². The Hall–Kier alpha value is -2.47. The first-order valence-corrected chi connectivity index (χ1v) is 6.62. The molecule has 0 saturated heterocycles. The molecule has 3 rings (SSSR count). The number of anilines is 1. The van der Waals surface area contributed by atoms with Gasteiger partial charge in [0.25, 0.3) is 0 Å². The lowest BCUT2D eigenvalue weighted by Crippen LogP contribution is -2.28. The summed E-state index contributed by atoms with van der Waals surface area (Å²) in [6.07, 6.45) is 0. The Balaban J connectivity index is 1.86. The van der Waals surface area contributed by atoms with Crippen LogP contribution in [0.1, 0.15) is 5.56 Å². The summed E-state index contributed by atoms with van der Waals surface area (Å²) in [5.41, 5.74) is 11.9. The van der Waals surface area contributed by atoms with Gasteiger partial charge in [0.1, 0.15) is 5.71 Å². The van der Waals surface area contributed by atoms with E-state index in [1.54, 1.807) is 11.3 Å². The number of hydrogen-bond donors (Lipinski definition) is 2. The summed E-state index contributed by atoms with van der Waals surface area (Å²) in [5.74, 6) is 0.324. The number of hydrazone groups is 1. The van der Waals surface area contributed by atoms with Gasteiger partial charge in [0.05, 0.1) is 5.69 Å². The van der Waals surface area contributed by atoms with Crippen LogP contribution in [0.5, 0.6) is 0 Å². The van der Waals surface area contributed by atoms with Crippen molar-refractivity contribution in [2.45, 2.75) is 0 Å². The number of hydrogen-bond acceptors (Lipinski definition) is 6. The summed E-state index contributed by atoms with van der Waals surface area (Å²) < 4.78 is 0. The molecule has 1 aromatic heterocycles. The van der Waals surface area contributed by atoms with Gasteiger partial charge < -0.3 is 5.73 Å². The van der Waals surface area contributed by atoms with Crippen molar-refractivity contribution in [2.75, 3.05) is 5.43 Å². The molecule has 0 amide bonds. The highest BCUT2D eigenvalue weighted by Crippen LogP contribution is 2.13. The summed E-state index contributed by atoms with van der Waals surface area (Å²) in [4.78, 5) is 0. The average molecular weight is 269 g/mol. The minimum Gasteiger partial charge on any atom is -0.380 e. The van der Waals surface area contributed by atoms with Crippen molar-refractivity contribution >= 4 is 34.3 Å². The molecule has 6 heteroatoms. The monoisotopic (exact) mass is 269 g/mol. The summed E-state index contributed by atoms with van der Waals surface area (Å²) in [7, 11) is 0. The molecule has 0 atom stereocenters. The molecule has 0 saturated carbocycles. The summed E-state index contributed by atoms with van der Waals surface area (Å²) in [6.45, 7) is 0. The second-order valence-corrected chi connectivity index (χ2v) is 4.66. The van der Waals surface area contributed by atoms with Crippen LogP contribution in [0.4, 0.5) is 5.69 Å². The number of amidine groups is 1. The van der Waals surface area contributed by atoms with Crippen molar-refractivity contribution in [3.63, 3.8) is 0 Å². The standard InChI is InChI=1S/C13H11N5S/c14-13-12(17-15-10-4-2-1-3-5-10)11(16-18-13)9-6-7-19-8-9/h1-8,15H,(H2,14,17,18). The van der Waals surface area contributed by atoms with Crippen LogP contribution in [-0.4, -0.2) is 17.3 Å². The van der Waals surface area contributed by atoms with Crippen LogP contribution in [0, 0.1) is 0 Å². The van der Waals surface area contributed by atoms with Gasteiger partial charge in [-0.3, -0.25) is 5.43 Å². The Bertz CT molecular complexity index is 656. The van der Waals surface area contributed by atoms with Crippen molar-refractivity contribution < 1.29 is 0 Å². The van der Waals surface area contributed by atoms with Gasteiger partial charge >= 0.3 is 0 Å². The maximum atomic E-state index is 5.81. The third-order valence-electron chi connectivity index (χ3n) is 2.59. The molecule has 1 aliphatic rings. The van der Waals surface area contributed by atoms with Gasteiger partial charge in [-0.1, -0.05) is 18.2 Å². The number of rotatable bonds is 3. The lowest BCUT2D eigenvalue weighted by Gasteiger charge is -2.03. The van der Waals surface area contributed by atoms with E-state index in [-0.39, 0.29) is 0 Å². The Kier molecular flexibility index (Phi) is 3.07. The number of para-hydroxylation sites is 1. The summed E-state index contributed by atoms with van der Waals surface area (Å²) in [6, 6.07) is 11.6. The molecule has 1 aliphatic heterocycles. The second kappa shape index (κ2) is 5.03. The third kappa shape index (κ3) is 2.38. The topological polar surface area (TPSA) is 75.1 Å². The molecule has 0 radical (unpaired) electrons. The Morgan fingerprint density at radius 1 is 1.11 bits per heavy atom.